The maximum Gasteiger partial charge on any atom is 0.228 e. The number of aryl methyl sites for hydroxylation is 1. The van der Waals surface area contributed by atoms with Crippen LogP contribution >= 0.6 is 11.3 Å². The van der Waals surface area contributed by atoms with Crippen LogP contribution in [0.1, 0.15) is 31.7 Å². The molecule has 6 nitrogen and oxygen atoms in total. The summed E-state index contributed by atoms with van der Waals surface area (Å²) in [7, 11) is 0.616. The molecule has 1 amide bonds. The van der Waals surface area contributed by atoms with Crippen molar-refractivity contribution < 1.29 is 13.2 Å². The average Bonchev–Trinajstić information content (AvgIpc) is 3.19. The number of thiazole rings is 1. The molecule has 0 saturated carbocycles. The molecule has 0 aliphatic heterocycles. The van der Waals surface area contributed by atoms with E-state index in [1.54, 1.807) is 35.2 Å². The maximum absolute atomic E-state index is 13.1. The molecule has 1 heterocycles. The van der Waals surface area contributed by atoms with E-state index in [-0.39, 0.29) is 24.5 Å². The summed E-state index contributed by atoms with van der Waals surface area (Å²) in [6, 6.07) is 14.6. The molecular weight excluding hydrogens is 442 g/mol. The molecule has 0 unspecified atom stereocenters. The molecule has 0 saturated heterocycles. The molecule has 0 bridgehead atoms. The van der Waals surface area contributed by atoms with Gasteiger partial charge in [0, 0.05) is 13.0 Å². The molecule has 0 N–H and O–H groups in total. The summed E-state index contributed by atoms with van der Waals surface area (Å²) in [5.41, 5.74) is 2.13. The van der Waals surface area contributed by atoms with Crippen LogP contribution in [-0.2, 0) is 21.1 Å². The number of rotatable bonds is 11. The fourth-order valence-corrected chi connectivity index (χ4v) is 5.86. The number of hydrogen-bond acceptors (Lipinski definition) is 6. The van der Waals surface area contributed by atoms with Crippen LogP contribution in [0.4, 0.5) is 5.13 Å². The highest BCUT2D eigenvalue weighted by atomic mass is 32.2. The third-order valence-corrected chi connectivity index (χ3v) is 8.13. The maximum atomic E-state index is 13.1. The van der Waals surface area contributed by atoms with Crippen molar-refractivity contribution in [3.8, 4) is 0 Å². The topological polar surface area (TPSA) is 70.6 Å². The molecule has 0 aliphatic carbocycles. The third-order valence-electron chi connectivity index (χ3n) is 5.27. The van der Waals surface area contributed by atoms with Crippen molar-refractivity contribution in [2.75, 3.05) is 37.8 Å². The van der Waals surface area contributed by atoms with Crippen LogP contribution in [-0.4, -0.2) is 57.1 Å². The molecule has 0 atom stereocenters. The fraction of sp³-hybridized carbons (Fsp3) is 0.417. The minimum atomic E-state index is -3.39. The summed E-state index contributed by atoms with van der Waals surface area (Å²) in [6.07, 6.45) is 2.22. The van der Waals surface area contributed by atoms with Gasteiger partial charge in [-0.15, -0.1) is 0 Å². The third kappa shape index (κ3) is 6.37. The monoisotopic (exact) mass is 473 g/mol. The fourth-order valence-electron chi connectivity index (χ4n) is 3.46. The highest BCUT2D eigenvalue weighted by Crippen LogP contribution is 2.30. The van der Waals surface area contributed by atoms with Gasteiger partial charge in [0.2, 0.25) is 5.91 Å². The molecule has 2 aromatic carbocycles. The first-order valence-corrected chi connectivity index (χ1v) is 13.4. The minimum Gasteiger partial charge on any atom is -0.309 e. The number of fused-ring (bicyclic) bond motifs is 1. The van der Waals surface area contributed by atoms with Gasteiger partial charge in [0.15, 0.2) is 15.0 Å². The number of nitrogens with zero attached hydrogens (tertiary/aromatic N) is 3. The Balaban J connectivity index is 1.72. The number of benzene rings is 2. The number of carbonyl (C=O) groups excluding carboxylic acids is 1. The van der Waals surface area contributed by atoms with Crippen molar-refractivity contribution in [2.45, 2.75) is 37.5 Å². The standard InChI is InChI=1S/C24H31N3O3S2/c1-4-19-13-14-21-22(18-19)31-24(25-21)27(16-9-15-26(2)3)23(28)12-8-17-32(29,30)20-10-6-5-7-11-20/h5-7,10-11,13-14,18H,4,8-9,12,15-17H2,1-3H3. The Morgan fingerprint density at radius 3 is 2.47 bits per heavy atom. The van der Waals surface area contributed by atoms with Gasteiger partial charge in [-0.2, -0.15) is 0 Å². The summed E-state index contributed by atoms with van der Waals surface area (Å²) in [5, 5.41) is 0.683. The second-order valence-corrected chi connectivity index (χ2v) is 11.2. The highest BCUT2D eigenvalue weighted by molar-refractivity contribution is 7.91. The number of carbonyl (C=O) groups is 1. The van der Waals surface area contributed by atoms with Crippen LogP contribution in [0.15, 0.2) is 53.4 Å². The van der Waals surface area contributed by atoms with E-state index in [9.17, 15) is 13.2 Å². The molecular formula is C24H31N3O3S2. The Labute approximate surface area is 194 Å². The lowest BCUT2D eigenvalue weighted by atomic mass is 10.2. The summed E-state index contributed by atoms with van der Waals surface area (Å²) >= 11 is 1.52. The molecule has 0 fully saturated rings. The Bertz CT molecular complexity index is 1140. The lowest BCUT2D eigenvalue weighted by Crippen LogP contribution is -2.33. The molecule has 3 rings (SSSR count). The van der Waals surface area contributed by atoms with E-state index in [4.69, 9.17) is 4.98 Å². The van der Waals surface area contributed by atoms with Crippen molar-refractivity contribution in [3.63, 3.8) is 0 Å². The van der Waals surface area contributed by atoms with Crippen molar-refractivity contribution in [3.05, 3.63) is 54.1 Å². The Morgan fingerprint density at radius 1 is 1.03 bits per heavy atom. The number of anilines is 1. The quantitative estimate of drug-likeness (QED) is 0.413. The first-order valence-electron chi connectivity index (χ1n) is 10.9. The highest BCUT2D eigenvalue weighted by Gasteiger charge is 2.21. The van der Waals surface area contributed by atoms with E-state index >= 15 is 0 Å². The van der Waals surface area contributed by atoms with Gasteiger partial charge in [0.1, 0.15) is 0 Å². The molecule has 0 spiro atoms. The van der Waals surface area contributed by atoms with Gasteiger partial charge in [-0.3, -0.25) is 9.69 Å². The zero-order valence-electron chi connectivity index (χ0n) is 19.0. The van der Waals surface area contributed by atoms with Gasteiger partial charge in [0.05, 0.1) is 20.9 Å². The van der Waals surface area contributed by atoms with Crippen LogP contribution in [0.3, 0.4) is 0 Å². The number of hydrogen-bond donors (Lipinski definition) is 0. The number of sulfone groups is 1. The number of aromatic nitrogens is 1. The zero-order valence-corrected chi connectivity index (χ0v) is 20.6. The van der Waals surface area contributed by atoms with Gasteiger partial charge in [-0.1, -0.05) is 42.5 Å². The van der Waals surface area contributed by atoms with Gasteiger partial charge < -0.3 is 4.90 Å². The Morgan fingerprint density at radius 2 is 1.78 bits per heavy atom. The van der Waals surface area contributed by atoms with Crippen LogP contribution in [0.2, 0.25) is 0 Å². The van der Waals surface area contributed by atoms with Crippen LogP contribution in [0, 0.1) is 0 Å². The molecule has 0 radical (unpaired) electrons. The van der Waals surface area contributed by atoms with E-state index < -0.39 is 9.84 Å². The first kappa shape index (κ1) is 24.4. The van der Waals surface area contributed by atoms with Crippen LogP contribution in [0.25, 0.3) is 10.2 Å². The predicted octanol–water partition coefficient (Wildman–Crippen LogP) is 4.40. The second-order valence-electron chi connectivity index (χ2n) is 8.09. The van der Waals surface area contributed by atoms with Crippen LogP contribution in [0.5, 0.6) is 0 Å². The van der Waals surface area contributed by atoms with E-state index in [1.807, 2.05) is 20.2 Å². The molecule has 3 aromatic rings. The van der Waals surface area contributed by atoms with Crippen molar-refractivity contribution in [1.82, 2.24) is 9.88 Å². The molecule has 1 aromatic heterocycles. The molecule has 8 heteroatoms. The van der Waals surface area contributed by atoms with Gasteiger partial charge >= 0.3 is 0 Å². The minimum absolute atomic E-state index is 0.0476. The van der Waals surface area contributed by atoms with Gasteiger partial charge in [-0.25, -0.2) is 13.4 Å². The van der Waals surface area contributed by atoms with Gasteiger partial charge in [-0.05, 0) is 69.7 Å². The molecule has 172 valence electrons. The zero-order chi connectivity index (χ0) is 23.1. The first-order chi connectivity index (χ1) is 15.3. The van der Waals surface area contributed by atoms with E-state index in [2.05, 4.69) is 24.0 Å². The molecule has 32 heavy (non-hydrogen) atoms. The summed E-state index contributed by atoms with van der Waals surface area (Å²) < 4.78 is 26.1. The number of amides is 1. The molecule has 0 aliphatic rings. The predicted molar refractivity (Wildman–Crippen MR) is 132 cm³/mol. The SMILES string of the molecule is CCc1ccc2nc(N(CCCN(C)C)C(=O)CCCS(=O)(=O)c3ccccc3)sc2c1. The Hall–Kier alpha value is -2.29. The van der Waals surface area contributed by atoms with Gasteiger partial charge in [0.25, 0.3) is 0 Å². The largest absolute Gasteiger partial charge is 0.309 e. The lowest BCUT2D eigenvalue weighted by molar-refractivity contribution is -0.118. The average molecular weight is 474 g/mol. The normalized spacial score (nSPS) is 11.9. The second kappa shape index (κ2) is 11.0. The summed E-state index contributed by atoms with van der Waals surface area (Å²) in [6.45, 7) is 3.53. The summed E-state index contributed by atoms with van der Waals surface area (Å²) in [4.78, 5) is 21.9. The lowest BCUT2D eigenvalue weighted by Gasteiger charge is -2.21. The van der Waals surface area contributed by atoms with Crippen molar-refractivity contribution in [1.29, 1.82) is 0 Å². The van der Waals surface area contributed by atoms with Crippen molar-refractivity contribution in [2.24, 2.45) is 0 Å². The van der Waals surface area contributed by atoms with E-state index in [1.165, 1.54) is 16.9 Å². The Kier molecular flexibility index (Phi) is 8.39. The summed E-state index contributed by atoms with van der Waals surface area (Å²) in [5.74, 6) is -0.129. The van der Waals surface area contributed by atoms with E-state index in [0.29, 0.717) is 16.6 Å². The van der Waals surface area contributed by atoms with Crippen LogP contribution < -0.4 is 4.90 Å². The smallest absolute Gasteiger partial charge is 0.228 e. The van der Waals surface area contributed by atoms with Crippen molar-refractivity contribution >= 4 is 42.4 Å². The van der Waals surface area contributed by atoms with E-state index in [0.717, 1.165) is 29.6 Å².